The second-order valence-corrected chi connectivity index (χ2v) is 9.89. The minimum Gasteiger partial charge on any atom is -0.486 e. The Balaban J connectivity index is 1.85. The first-order valence-corrected chi connectivity index (χ1v) is 12.4. The van der Waals surface area contributed by atoms with Crippen molar-refractivity contribution in [3.8, 4) is 11.5 Å². The number of halogens is 2. The van der Waals surface area contributed by atoms with Crippen LogP contribution in [-0.2, 0) is 14.8 Å². The van der Waals surface area contributed by atoms with Crippen molar-refractivity contribution in [1.29, 1.82) is 0 Å². The molecule has 1 amide bonds. The Bertz CT molecular complexity index is 1080. The fraction of sp³-hybridized carbons (Fsp3) is 0.381. The summed E-state index contributed by atoms with van der Waals surface area (Å²) in [5.74, 6) is 0.842. The first kappa shape index (κ1) is 23.5. The summed E-state index contributed by atoms with van der Waals surface area (Å²) in [6.45, 7) is 4.52. The lowest BCUT2D eigenvalue weighted by Gasteiger charge is -2.31. The number of nitrogens with zero attached hydrogens (tertiary/aromatic N) is 1. The molecule has 1 aliphatic rings. The van der Waals surface area contributed by atoms with Gasteiger partial charge in [-0.05, 0) is 49.2 Å². The number of amides is 1. The molecule has 2 atom stereocenters. The van der Waals surface area contributed by atoms with E-state index in [1.165, 1.54) is 18.2 Å². The Kier molecular flexibility index (Phi) is 7.24. The van der Waals surface area contributed by atoms with E-state index in [2.05, 4.69) is 5.32 Å². The Hall–Kier alpha value is -2.16. The van der Waals surface area contributed by atoms with E-state index in [0.717, 1.165) is 16.1 Å². The number of ether oxygens (including phenoxy) is 2. The van der Waals surface area contributed by atoms with Crippen LogP contribution < -0.4 is 19.1 Å². The largest absolute Gasteiger partial charge is 0.486 e. The van der Waals surface area contributed by atoms with Crippen LogP contribution in [0.15, 0.2) is 36.4 Å². The van der Waals surface area contributed by atoms with Gasteiger partial charge in [0.1, 0.15) is 19.3 Å². The smallest absolute Gasteiger partial charge is 0.244 e. The number of nitrogens with one attached hydrogen (secondary N) is 1. The summed E-state index contributed by atoms with van der Waals surface area (Å²) in [5.41, 5.74) is 1.08. The second-order valence-electron chi connectivity index (χ2n) is 7.21. The molecule has 10 heteroatoms. The highest BCUT2D eigenvalue weighted by atomic mass is 35.5. The average Bonchev–Trinajstić information content (AvgIpc) is 2.72. The molecule has 1 N–H and O–H groups in total. The Morgan fingerprint density at radius 2 is 1.77 bits per heavy atom. The van der Waals surface area contributed by atoms with Crippen molar-refractivity contribution >= 4 is 44.8 Å². The van der Waals surface area contributed by atoms with E-state index in [0.29, 0.717) is 29.7 Å². The van der Waals surface area contributed by atoms with Gasteiger partial charge in [0.15, 0.2) is 11.5 Å². The zero-order valence-electron chi connectivity index (χ0n) is 17.4. The Labute approximate surface area is 192 Å². The van der Waals surface area contributed by atoms with Gasteiger partial charge in [-0.2, -0.15) is 0 Å². The minimum absolute atomic E-state index is 0.202. The number of anilines is 1. The van der Waals surface area contributed by atoms with Gasteiger partial charge < -0.3 is 14.8 Å². The zero-order chi connectivity index (χ0) is 22.8. The normalized spacial score (nSPS) is 15.1. The van der Waals surface area contributed by atoms with Crippen molar-refractivity contribution in [3.63, 3.8) is 0 Å². The van der Waals surface area contributed by atoms with Crippen LogP contribution in [0.3, 0.4) is 0 Å². The highest BCUT2D eigenvalue weighted by molar-refractivity contribution is 7.92. The minimum atomic E-state index is -3.78. The lowest BCUT2D eigenvalue weighted by molar-refractivity contribution is -0.122. The molecule has 0 spiro atoms. The summed E-state index contributed by atoms with van der Waals surface area (Å²) in [4.78, 5) is 13.1. The summed E-state index contributed by atoms with van der Waals surface area (Å²) in [6.07, 6.45) is 1.31. The molecule has 0 aliphatic carbocycles. The highest BCUT2D eigenvalue weighted by Crippen LogP contribution is 2.33. The molecule has 0 aromatic heterocycles. The Morgan fingerprint density at radius 1 is 1.10 bits per heavy atom. The van der Waals surface area contributed by atoms with Crippen LogP contribution in [0, 0.1) is 0 Å². The van der Waals surface area contributed by atoms with Crippen molar-refractivity contribution in [2.45, 2.75) is 32.4 Å². The summed E-state index contributed by atoms with van der Waals surface area (Å²) >= 11 is 12.0. The van der Waals surface area contributed by atoms with Crippen LogP contribution in [0.1, 0.15) is 31.9 Å². The van der Waals surface area contributed by atoms with Gasteiger partial charge in [0, 0.05) is 0 Å². The number of hydrogen-bond acceptors (Lipinski definition) is 5. The first-order chi connectivity index (χ1) is 14.6. The quantitative estimate of drug-likeness (QED) is 0.633. The van der Waals surface area contributed by atoms with E-state index in [-0.39, 0.29) is 23.2 Å². The number of carbonyl (C=O) groups is 1. The van der Waals surface area contributed by atoms with E-state index >= 15 is 0 Å². The number of benzene rings is 2. The number of sulfonamides is 1. The monoisotopic (exact) mass is 486 g/mol. The van der Waals surface area contributed by atoms with Gasteiger partial charge in [-0.25, -0.2) is 8.42 Å². The van der Waals surface area contributed by atoms with Crippen LogP contribution in [0.25, 0.3) is 0 Å². The fourth-order valence-electron chi connectivity index (χ4n) is 3.40. The third-order valence-corrected chi connectivity index (χ3v) is 6.83. The first-order valence-electron chi connectivity index (χ1n) is 9.76. The molecule has 2 aromatic rings. The lowest BCUT2D eigenvalue weighted by Crippen LogP contribution is -2.49. The maximum atomic E-state index is 13.1. The molecular formula is C21H24Cl2N2O5S. The Morgan fingerprint density at radius 3 is 2.39 bits per heavy atom. The second kappa shape index (κ2) is 9.54. The van der Waals surface area contributed by atoms with E-state index in [9.17, 15) is 13.2 Å². The molecule has 0 fully saturated rings. The van der Waals surface area contributed by atoms with Crippen molar-refractivity contribution in [3.05, 3.63) is 52.0 Å². The predicted molar refractivity (Wildman–Crippen MR) is 122 cm³/mol. The van der Waals surface area contributed by atoms with E-state index < -0.39 is 22.0 Å². The third-order valence-electron chi connectivity index (χ3n) is 4.91. The lowest BCUT2D eigenvalue weighted by atomic mass is 10.1. The SMILES string of the molecule is CC[C@@H](C(=O)N[C@H](C)c1ccc2c(c1)OCCO2)N(c1ccc(Cl)c(Cl)c1)S(C)(=O)=O. The summed E-state index contributed by atoms with van der Waals surface area (Å²) in [7, 11) is -3.78. The summed E-state index contributed by atoms with van der Waals surface area (Å²) in [5, 5.41) is 3.40. The molecule has 31 heavy (non-hydrogen) atoms. The summed E-state index contributed by atoms with van der Waals surface area (Å²) in [6, 6.07) is 8.56. The molecule has 7 nitrogen and oxygen atoms in total. The molecule has 1 aliphatic heterocycles. The standard InChI is InChI=1S/C21H24Cl2N2O5S/c1-4-18(25(31(3,27)28)15-6-7-16(22)17(23)12-15)21(26)24-13(2)14-5-8-19-20(11-14)30-10-9-29-19/h5-8,11-13,18H,4,9-10H2,1-3H3,(H,24,26)/t13-,18+/m1/s1. The number of rotatable bonds is 7. The van der Waals surface area contributed by atoms with Gasteiger partial charge in [0.25, 0.3) is 0 Å². The van der Waals surface area contributed by atoms with Crippen molar-refractivity contribution in [1.82, 2.24) is 5.32 Å². The van der Waals surface area contributed by atoms with Crippen molar-refractivity contribution in [2.75, 3.05) is 23.8 Å². The van der Waals surface area contributed by atoms with Gasteiger partial charge in [-0.3, -0.25) is 9.10 Å². The topological polar surface area (TPSA) is 84.9 Å². The maximum absolute atomic E-state index is 13.1. The molecule has 0 saturated heterocycles. The third kappa shape index (κ3) is 5.37. The van der Waals surface area contributed by atoms with Crippen LogP contribution in [0.5, 0.6) is 11.5 Å². The van der Waals surface area contributed by atoms with Gasteiger partial charge in [0.2, 0.25) is 15.9 Å². The molecule has 0 bridgehead atoms. The highest BCUT2D eigenvalue weighted by Gasteiger charge is 2.32. The van der Waals surface area contributed by atoms with Crippen LogP contribution in [0.4, 0.5) is 5.69 Å². The average molecular weight is 487 g/mol. The molecule has 168 valence electrons. The summed E-state index contributed by atoms with van der Waals surface area (Å²) < 4.78 is 37.4. The predicted octanol–water partition coefficient (Wildman–Crippen LogP) is 4.19. The van der Waals surface area contributed by atoms with E-state index in [1.807, 2.05) is 19.1 Å². The zero-order valence-corrected chi connectivity index (χ0v) is 19.7. The van der Waals surface area contributed by atoms with E-state index in [4.69, 9.17) is 32.7 Å². The van der Waals surface area contributed by atoms with Crippen LogP contribution in [-0.4, -0.2) is 39.8 Å². The number of fused-ring (bicyclic) bond motifs is 1. The molecule has 1 heterocycles. The van der Waals surface area contributed by atoms with E-state index in [1.54, 1.807) is 13.0 Å². The molecule has 0 saturated carbocycles. The van der Waals surface area contributed by atoms with Gasteiger partial charge in [0.05, 0.1) is 28.0 Å². The van der Waals surface area contributed by atoms with Crippen LogP contribution >= 0.6 is 23.2 Å². The number of hydrogen-bond donors (Lipinski definition) is 1. The molecule has 0 unspecified atom stereocenters. The number of carbonyl (C=O) groups excluding carboxylic acids is 1. The molecule has 0 radical (unpaired) electrons. The maximum Gasteiger partial charge on any atom is 0.244 e. The molecule has 3 rings (SSSR count). The van der Waals surface area contributed by atoms with Crippen LogP contribution in [0.2, 0.25) is 10.0 Å². The van der Waals surface area contributed by atoms with Crippen molar-refractivity contribution in [2.24, 2.45) is 0 Å². The van der Waals surface area contributed by atoms with Crippen molar-refractivity contribution < 1.29 is 22.7 Å². The molecule has 2 aromatic carbocycles. The molecular weight excluding hydrogens is 463 g/mol. The van der Waals surface area contributed by atoms with Gasteiger partial charge >= 0.3 is 0 Å². The fourth-order valence-corrected chi connectivity index (χ4v) is 4.90. The van der Waals surface area contributed by atoms with Gasteiger partial charge in [-0.15, -0.1) is 0 Å². The van der Waals surface area contributed by atoms with Gasteiger partial charge in [-0.1, -0.05) is 36.2 Å².